The highest BCUT2D eigenvalue weighted by atomic mass is 16.4. The molecule has 4 atom stereocenters. The highest BCUT2D eigenvalue weighted by Gasteiger charge is 2.31. The second-order valence-corrected chi connectivity index (χ2v) is 11.0. The third-order valence-corrected chi connectivity index (χ3v) is 7.00. The van der Waals surface area contributed by atoms with Crippen molar-refractivity contribution >= 4 is 40.5 Å². The molecule has 2 aromatic carbocycles. The fourth-order valence-electron chi connectivity index (χ4n) is 4.76. The van der Waals surface area contributed by atoms with E-state index in [0.29, 0.717) is 0 Å². The Kier molecular flexibility index (Phi) is 11.8. The molecule has 3 rings (SSSR count). The molecule has 4 unspecified atom stereocenters. The molecule has 0 aliphatic heterocycles. The molecule has 230 valence electrons. The fraction of sp³-hybridized carbons (Fsp3) is 0.387. The number of benzene rings is 2. The lowest BCUT2D eigenvalue weighted by Crippen LogP contribution is -2.58. The number of amides is 4. The number of carboxylic acids is 1. The average Bonchev–Trinajstić information content (AvgIpc) is 3.36. The second kappa shape index (κ2) is 15.5. The van der Waals surface area contributed by atoms with Gasteiger partial charge in [0.05, 0.1) is 6.04 Å². The number of aromatic nitrogens is 1. The van der Waals surface area contributed by atoms with Gasteiger partial charge in [-0.2, -0.15) is 0 Å². The van der Waals surface area contributed by atoms with E-state index in [1.165, 1.54) is 0 Å². The standard InChI is InChI=1S/C31H40N6O6/c1-18(2)14-25(29(40)35-24(31(42)43)12-13-27(33)38)37-30(41)26(15-19-8-4-3-5-9-19)36-28(39)22(32)16-20-17-34-23-11-7-6-10-21(20)23/h3-11,17-18,22,24-26,34H,12-16,32H2,1-2H3,(H2,33,38)(H,35,40)(H,36,39)(H,37,41)(H,42,43). The second-order valence-electron chi connectivity index (χ2n) is 11.0. The highest BCUT2D eigenvalue weighted by Crippen LogP contribution is 2.19. The number of H-pyrrole nitrogens is 1. The minimum atomic E-state index is -1.37. The number of carbonyl (C=O) groups is 5. The van der Waals surface area contributed by atoms with Crippen LogP contribution in [0.2, 0.25) is 0 Å². The van der Waals surface area contributed by atoms with E-state index in [-0.39, 0.29) is 38.0 Å². The van der Waals surface area contributed by atoms with Crippen LogP contribution in [0.15, 0.2) is 60.8 Å². The number of para-hydroxylation sites is 1. The monoisotopic (exact) mass is 592 g/mol. The Morgan fingerprint density at radius 3 is 2.07 bits per heavy atom. The van der Waals surface area contributed by atoms with Crippen LogP contribution in [0.5, 0.6) is 0 Å². The molecule has 0 bridgehead atoms. The van der Waals surface area contributed by atoms with Crippen molar-refractivity contribution < 1.29 is 29.1 Å². The first-order valence-corrected chi connectivity index (χ1v) is 14.2. The summed E-state index contributed by atoms with van der Waals surface area (Å²) in [6, 6.07) is 12.2. The Labute approximate surface area is 250 Å². The minimum Gasteiger partial charge on any atom is -0.480 e. The normalized spacial score (nSPS) is 14.0. The number of carbonyl (C=O) groups excluding carboxylic acids is 4. The van der Waals surface area contributed by atoms with Gasteiger partial charge < -0.3 is 37.5 Å². The molecule has 0 aliphatic carbocycles. The molecule has 9 N–H and O–H groups in total. The minimum absolute atomic E-state index is 0.0447. The molecule has 0 saturated heterocycles. The van der Waals surface area contributed by atoms with Gasteiger partial charge in [0.25, 0.3) is 0 Å². The van der Waals surface area contributed by atoms with E-state index in [0.717, 1.165) is 22.0 Å². The van der Waals surface area contributed by atoms with Gasteiger partial charge in [0.1, 0.15) is 18.1 Å². The number of aromatic amines is 1. The number of aliphatic carboxylic acids is 1. The molecule has 12 nitrogen and oxygen atoms in total. The van der Waals surface area contributed by atoms with Crippen LogP contribution in [0.25, 0.3) is 10.9 Å². The molecule has 1 heterocycles. The lowest BCUT2D eigenvalue weighted by atomic mass is 10.00. The van der Waals surface area contributed by atoms with E-state index < -0.39 is 53.8 Å². The van der Waals surface area contributed by atoms with Crippen LogP contribution in [0.1, 0.15) is 44.2 Å². The number of primary amides is 1. The molecular formula is C31H40N6O6. The Balaban J connectivity index is 1.76. The van der Waals surface area contributed by atoms with E-state index in [1.807, 2.05) is 68.4 Å². The van der Waals surface area contributed by atoms with Crippen molar-refractivity contribution in [1.82, 2.24) is 20.9 Å². The van der Waals surface area contributed by atoms with Crippen molar-refractivity contribution in [2.24, 2.45) is 17.4 Å². The summed E-state index contributed by atoms with van der Waals surface area (Å²) < 4.78 is 0. The maximum absolute atomic E-state index is 13.6. The van der Waals surface area contributed by atoms with E-state index in [4.69, 9.17) is 11.5 Å². The summed E-state index contributed by atoms with van der Waals surface area (Å²) in [5.74, 6) is -3.96. The van der Waals surface area contributed by atoms with Gasteiger partial charge in [0.15, 0.2) is 0 Å². The predicted octanol–water partition coefficient (Wildman–Crippen LogP) is 1.13. The summed E-state index contributed by atoms with van der Waals surface area (Å²) in [6.07, 6.45) is 1.93. The van der Waals surface area contributed by atoms with Gasteiger partial charge in [-0.15, -0.1) is 0 Å². The van der Waals surface area contributed by atoms with E-state index in [1.54, 1.807) is 6.20 Å². The first kappa shape index (κ1) is 32.8. The van der Waals surface area contributed by atoms with Gasteiger partial charge in [-0.25, -0.2) is 4.79 Å². The summed E-state index contributed by atoms with van der Waals surface area (Å²) in [5, 5.41) is 18.3. The number of rotatable bonds is 16. The lowest BCUT2D eigenvalue weighted by molar-refractivity contribution is -0.142. The quantitative estimate of drug-likeness (QED) is 0.129. The predicted molar refractivity (Wildman–Crippen MR) is 161 cm³/mol. The zero-order valence-electron chi connectivity index (χ0n) is 24.3. The molecule has 3 aromatic rings. The van der Waals surface area contributed by atoms with E-state index >= 15 is 0 Å². The van der Waals surface area contributed by atoms with Gasteiger partial charge >= 0.3 is 5.97 Å². The van der Waals surface area contributed by atoms with Crippen LogP contribution < -0.4 is 27.4 Å². The zero-order valence-corrected chi connectivity index (χ0v) is 24.3. The molecule has 43 heavy (non-hydrogen) atoms. The molecule has 0 fully saturated rings. The van der Waals surface area contributed by atoms with Crippen LogP contribution in [-0.2, 0) is 36.8 Å². The summed E-state index contributed by atoms with van der Waals surface area (Å²) in [7, 11) is 0. The molecule has 0 spiro atoms. The van der Waals surface area contributed by atoms with Crippen LogP contribution in [0.4, 0.5) is 0 Å². The fourth-order valence-corrected chi connectivity index (χ4v) is 4.76. The average molecular weight is 593 g/mol. The zero-order chi connectivity index (χ0) is 31.5. The summed E-state index contributed by atoms with van der Waals surface area (Å²) in [5.41, 5.74) is 14.0. The maximum atomic E-state index is 13.6. The van der Waals surface area contributed by atoms with Crippen LogP contribution in [0, 0.1) is 5.92 Å². The van der Waals surface area contributed by atoms with Gasteiger partial charge in [-0.3, -0.25) is 19.2 Å². The number of nitrogens with two attached hydrogens (primary N) is 2. The van der Waals surface area contributed by atoms with E-state index in [2.05, 4.69) is 20.9 Å². The van der Waals surface area contributed by atoms with Gasteiger partial charge in [0.2, 0.25) is 23.6 Å². The highest BCUT2D eigenvalue weighted by molar-refractivity contribution is 5.94. The van der Waals surface area contributed by atoms with E-state index in [9.17, 15) is 29.1 Å². The summed E-state index contributed by atoms with van der Waals surface area (Å²) >= 11 is 0. The number of hydrogen-bond donors (Lipinski definition) is 7. The largest absolute Gasteiger partial charge is 0.480 e. The summed E-state index contributed by atoms with van der Waals surface area (Å²) in [6.45, 7) is 3.70. The lowest BCUT2D eigenvalue weighted by Gasteiger charge is -2.26. The third kappa shape index (κ3) is 9.96. The molecule has 0 saturated carbocycles. The maximum Gasteiger partial charge on any atom is 0.326 e. The Bertz CT molecular complexity index is 1420. The SMILES string of the molecule is CC(C)CC(NC(=O)C(Cc1ccccc1)NC(=O)C(N)Cc1c[nH]c2ccccc12)C(=O)NC(CCC(N)=O)C(=O)O. The van der Waals surface area contributed by atoms with Gasteiger partial charge in [-0.1, -0.05) is 62.4 Å². The number of fused-ring (bicyclic) bond motifs is 1. The van der Waals surface area contributed by atoms with Crippen molar-refractivity contribution in [2.45, 2.75) is 70.1 Å². The number of hydrogen-bond acceptors (Lipinski definition) is 6. The third-order valence-electron chi connectivity index (χ3n) is 7.00. The van der Waals surface area contributed by atoms with Gasteiger partial charge in [-0.05, 0) is 42.4 Å². The van der Waals surface area contributed by atoms with Crippen molar-refractivity contribution in [3.63, 3.8) is 0 Å². The van der Waals surface area contributed by atoms with Crippen LogP contribution >= 0.6 is 0 Å². The molecule has 0 aliphatic rings. The van der Waals surface area contributed by atoms with Crippen molar-refractivity contribution in [2.75, 3.05) is 0 Å². The van der Waals surface area contributed by atoms with Crippen molar-refractivity contribution in [3.05, 3.63) is 71.9 Å². The smallest absolute Gasteiger partial charge is 0.326 e. The first-order chi connectivity index (χ1) is 20.4. The van der Waals surface area contributed by atoms with Gasteiger partial charge in [0, 0.05) is 29.9 Å². The Hall–Kier alpha value is -4.71. The molecule has 4 amide bonds. The molecular weight excluding hydrogens is 552 g/mol. The molecule has 1 aromatic heterocycles. The first-order valence-electron chi connectivity index (χ1n) is 14.2. The topological polar surface area (TPSA) is 209 Å². The Morgan fingerprint density at radius 2 is 1.42 bits per heavy atom. The molecule has 12 heteroatoms. The Morgan fingerprint density at radius 1 is 0.814 bits per heavy atom. The van der Waals surface area contributed by atoms with Crippen LogP contribution in [0.3, 0.4) is 0 Å². The van der Waals surface area contributed by atoms with Crippen LogP contribution in [-0.4, -0.2) is 63.9 Å². The van der Waals surface area contributed by atoms with Crippen molar-refractivity contribution in [3.8, 4) is 0 Å². The molecule has 0 radical (unpaired) electrons. The number of nitrogens with one attached hydrogen (secondary N) is 4. The van der Waals surface area contributed by atoms with Crippen molar-refractivity contribution in [1.29, 1.82) is 0 Å². The number of carboxylic acid groups (broad SMARTS) is 1. The summed E-state index contributed by atoms with van der Waals surface area (Å²) in [4.78, 5) is 66.0.